The molecule has 1 aromatic rings. The van der Waals surface area contributed by atoms with Crippen molar-refractivity contribution in [3.63, 3.8) is 0 Å². The Morgan fingerprint density at radius 1 is 1.25 bits per heavy atom. The quantitative estimate of drug-likeness (QED) is 0.444. The molecule has 1 aromatic carbocycles. The lowest BCUT2D eigenvalue weighted by atomic mass is 10.00. The lowest BCUT2D eigenvalue weighted by Gasteiger charge is -2.08. The molecule has 0 saturated heterocycles. The van der Waals surface area contributed by atoms with Crippen LogP contribution in [0.2, 0.25) is 0 Å². The van der Waals surface area contributed by atoms with Crippen LogP contribution in [0.1, 0.15) is 16.7 Å². The maximum absolute atomic E-state index is 11.5. The van der Waals surface area contributed by atoms with Crippen molar-refractivity contribution >= 4 is 11.7 Å². The summed E-state index contributed by atoms with van der Waals surface area (Å²) < 4.78 is 4.66. The van der Waals surface area contributed by atoms with Crippen LogP contribution in [-0.2, 0) is 14.4 Å². The Labute approximate surface area is 94.9 Å². The molecule has 4 nitrogen and oxygen atoms in total. The predicted molar refractivity (Wildman–Crippen MR) is 61.5 cm³/mol. The average molecular weight is 221 g/mol. The molecule has 0 saturated carbocycles. The van der Waals surface area contributed by atoms with Gasteiger partial charge >= 0.3 is 5.97 Å². The van der Waals surface area contributed by atoms with Gasteiger partial charge in [0, 0.05) is 5.56 Å². The second kappa shape index (κ2) is 5.30. The number of carbonyl (C=O) groups excluding carboxylic acids is 1. The van der Waals surface area contributed by atoms with Crippen molar-refractivity contribution in [3.8, 4) is 0 Å². The Bertz CT molecular complexity index is 424. The number of benzene rings is 1. The van der Waals surface area contributed by atoms with E-state index in [0.717, 1.165) is 16.7 Å². The topological polar surface area (TPSA) is 47.9 Å². The summed E-state index contributed by atoms with van der Waals surface area (Å²) >= 11 is 0. The first-order valence-electron chi connectivity index (χ1n) is 4.87. The van der Waals surface area contributed by atoms with Crippen molar-refractivity contribution in [1.82, 2.24) is 0 Å². The molecule has 0 spiro atoms. The Morgan fingerprint density at radius 3 is 2.50 bits per heavy atom. The second-order valence-corrected chi connectivity index (χ2v) is 3.36. The van der Waals surface area contributed by atoms with E-state index in [2.05, 4.69) is 14.7 Å². The van der Waals surface area contributed by atoms with Crippen LogP contribution in [0.15, 0.2) is 23.4 Å². The number of nitrogens with zero attached hydrogens (tertiary/aromatic N) is 1. The van der Waals surface area contributed by atoms with Crippen LogP contribution >= 0.6 is 0 Å². The summed E-state index contributed by atoms with van der Waals surface area (Å²) in [6, 6.07) is 5.66. The van der Waals surface area contributed by atoms with Crippen LogP contribution in [-0.4, -0.2) is 25.9 Å². The fourth-order valence-corrected chi connectivity index (χ4v) is 1.39. The summed E-state index contributed by atoms with van der Waals surface area (Å²) in [6.07, 6.45) is 0. The van der Waals surface area contributed by atoms with Gasteiger partial charge in [-0.05, 0) is 25.0 Å². The maximum Gasteiger partial charge on any atom is 0.360 e. The van der Waals surface area contributed by atoms with Crippen molar-refractivity contribution in [2.45, 2.75) is 13.8 Å². The summed E-state index contributed by atoms with van der Waals surface area (Å²) in [6.45, 7) is 3.90. The van der Waals surface area contributed by atoms with E-state index in [4.69, 9.17) is 0 Å². The van der Waals surface area contributed by atoms with Gasteiger partial charge in [0.15, 0.2) is 5.71 Å². The van der Waals surface area contributed by atoms with E-state index in [1.165, 1.54) is 14.2 Å². The van der Waals surface area contributed by atoms with Gasteiger partial charge in [0.25, 0.3) is 0 Å². The molecule has 0 aliphatic rings. The highest BCUT2D eigenvalue weighted by atomic mass is 16.6. The van der Waals surface area contributed by atoms with Crippen LogP contribution in [0, 0.1) is 13.8 Å². The molecule has 0 radical (unpaired) electrons. The minimum absolute atomic E-state index is 0.186. The number of oxime groups is 1. The molecule has 0 aliphatic carbocycles. The number of hydrogen-bond donors (Lipinski definition) is 0. The van der Waals surface area contributed by atoms with Crippen molar-refractivity contribution in [1.29, 1.82) is 0 Å². The minimum atomic E-state index is -0.504. The summed E-state index contributed by atoms with van der Waals surface area (Å²) in [4.78, 5) is 16.2. The maximum atomic E-state index is 11.5. The zero-order valence-electron chi connectivity index (χ0n) is 9.90. The van der Waals surface area contributed by atoms with Gasteiger partial charge in [-0.25, -0.2) is 4.79 Å². The first-order chi connectivity index (χ1) is 7.61. The largest absolute Gasteiger partial charge is 0.464 e. The lowest BCUT2D eigenvalue weighted by molar-refractivity contribution is -0.132. The van der Waals surface area contributed by atoms with Crippen LogP contribution in [0.4, 0.5) is 0 Å². The average Bonchev–Trinajstić information content (AvgIpc) is 2.29. The van der Waals surface area contributed by atoms with E-state index in [9.17, 15) is 4.79 Å². The van der Waals surface area contributed by atoms with Gasteiger partial charge in [0.1, 0.15) is 7.11 Å². The number of esters is 1. The molecule has 0 N–H and O–H groups in total. The number of hydrogen-bond acceptors (Lipinski definition) is 4. The minimum Gasteiger partial charge on any atom is -0.464 e. The van der Waals surface area contributed by atoms with E-state index in [1.54, 1.807) is 0 Å². The van der Waals surface area contributed by atoms with Crippen LogP contribution < -0.4 is 0 Å². The number of carbonyl (C=O) groups is 1. The normalized spacial score (nSPS) is 11.1. The molecular formula is C12H15NO3. The molecule has 0 heterocycles. The molecule has 0 bridgehead atoms. The van der Waals surface area contributed by atoms with Gasteiger partial charge in [0.2, 0.25) is 0 Å². The molecule has 4 heteroatoms. The molecule has 86 valence electrons. The highest BCUT2D eigenvalue weighted by Gasteiger charge is 2.18. The van der Waals surface area contributed by atoms with Gasteiger partial charge in [0.05, 0.1) is 7.11 Å². The third-order valence-electron chi connectivity index (χ3n) is 2.42. The third kappa shape index (κ3) is 2.39. The SMILES string of the molecule is CO/N=C(/C(=O)OC)c1cccc(C)c1C. The van der Waals surface area contributed by atoms with Crippen molar-refractivity contribution < 1.29 is 14.4 Å². The summed E-state index contributed by atoms with van der Waals surface area (Å²) in [5.74, 6) is -0.504. The molecule has 16 heavy (non-hydrogen) atoms. The van der Waals surface area contributed by atoms with E-state index < -0.39 is 5.97 Å². The monoisotopic (exact) mass is 221 g/mol. The molecule has 0 amide bonds. The molecule has 0 aliphatic heterocycles. The molecule has 0 aromatic heterocycles. The third-order valence-corrected chi connectivity index (χ3v) is 2.42. The van der Waals surface area contributed by atoms with E-state index in [-0.39, 0.29) is 5.71 Å². The van der Waals surface area contributed by atoms with E-state index in [1.807, 2.05) is 32.0 Å². The van der Waals surface area contributed by atoms with Gasteiger partial charge in [-0.1, -0.05) is 23.4 Å². The van der Waals surface area contributed by atoms with Crippen LogP contribution in [0.5, 0.6) is 0 Å². The van der Waals surface area contributed by atoms with E-state index in [0.29, 0.717) is 0 Å². The second-order valence-electron chi connectivity index (χ2n) is 3.36. The Hall–Kier alpha value is -1.84. The highest BCUT2D eigenvalue weighted by molar-refractivity contribution is 6.43. The zero-order chi connectivity index (χ0) is 12.1. The molecule has 0 unspecified atom stereocenters. The lowest BCUT2D eigenvalue weighted by Crippen LogP contribution is -2.19. The van der Waals surface area contributed by atoms with Crippen molar-refractivity contribution in [2.75, 3.05) is 14.2 Å². The van der Waals surface area contributed by atoms with Crippen LogP contribution in [0.3, 0.4) is 0 Å². The fraction of sp³-hybridized carbons (Fsp3) is 0.333. The van der Waals surface area contributed by atoms with Crippen LogP contribution in [0.25, 0.3) is 0 Å². The molecule has 0 fully saturated rings. The van der Waals surface area contributed by atoms with Crippen molar-refractivity contribution in [3.05, 3.63) is 34.9 Å². The summed E-state index contributed by atoms with van der Waals surface area (Å²) in [5.41, 5.74) is 2.99. The van der Waals surface area contributed by atoms with Gasteiger partial charge in [-0.15, -0.1) is 0 Å². The fourth-order valence-electron chi connectivity index (χ4n) is 1.39. The predicted octanol–water partition coefficient (Wildman–Crippen LogP) is 1.83. The molecule has 0 atom stereocenters. The summed E-state index contributed by atoms with van der Waals surface area (Å²) in [5, 5.41) is 3.71. The Kier molecular flexibility index (Phi) is 4.05. The first-order valence-corrected chi connectivity index (χ1v) is 4.87. The number of methoxy groups -OCH3 is 1. The Morgan fingerprint density at radius 2 is 1.94 bits per heavy atom. The number of aryl methyl sites for hydroxylation is 1. The summed E-state index contributed by atoms with van der Waals surface area (Å²) in [7, 11) is 2.71. The zero-order valence-corrected chi connectivity index (χ0v) is 9.90. The number of rotatable bonds is 3. The first kappa shape index (κ1) is 12.2. The van der Waals surface area contributed by atoms with Gasteiger partial charge in [-0.3, -0.25) is 0 Å². The molecule has 1 rings (SSSR count). The molecular weight excluding hydrogens is 206 g/mol. The van der Waals surface area contributed by atoms with Gasteiger partial charge in [-0.2, -0.15) is 0 Å². The standard InChI is InChI=1S/C12H15NO3/c1-8-6-5-7-10(9(8)2)11(13-16-4)12(14)15-3/h5-7H,1-4H3/b13-11+. The highest BCUT2D eigenvalue weighted by Crippen LogP contribution is 2.14. The van der Waals surface area contributed by atoms with E-state index >= 15 is 0 Å². The Balaban J connectivity index is 3.27. The van der Waals surface area contributed by atoms with Crippen molar-refractivity contribution in [2.24, 2.45) is 5.16 Å². The van der Waals surface area contributed by atoms with Gasteiger partial charge < -0.3 is 9.57 Å². The smallest absolute Gasteiger partial charge is 0.360 e. The number of ether oxygens (including phenoxy) is 1.